The van der Waals surface area contributed by atoms with Gasteiger partial charge in [-0.25, -0.2) is 0 Å². The summed E-state index contributed by atoms with van der Waals surface area (Å²) in [7, 11) is 0. The number of nitrogens with two attached hydrogens (primary N) is 1. The van der Waals surface area contributed by atoms with Crippen molar-refractivity contribution in [3.63, 3.8) is 0 Å². The van der Waals surface area contributed by atoms with Crippen molar-refractivity contribution in [1.82, 2.24) is 0 Å². The van der Waals surface area contributed by atoms with Crippen molar-refractivity contribution in [2.24, 2.45) is 5.73 Å². The first kappa shape index (κ1) is 11.0. The first-order chi connectivity index (χ1) is 7.02. The minimum absolute atomic E-state index is 0.0763. The van der Waals surface area contributed by atoms with E-state index in [0.717, 1.165) is 0 Å². The highest BCUT2D eigenvalue weighted by Gasteiger charge is 2.07. The van der Waals surface area contributed by atoms with Gasteiger partial charge < -0.3 is 11.1 Å². The predicted octanol–water partition coefficient (Wildman–Crippen LogP) is 1.49. The normalized spacial score (nSPS) is 9.40. The van der Waals surface area contributed by atoms with Crippen molar-refractivity contribution in [2.75, 3.05) is 5.32 Å². The van der Waals surface area contributed by atoms with Crippen LogP contribution in [0, 0.1) is 5.41 Å². The van der Waals surface area contributed by atoms with Gasteiger partial charge in [-0.3, -0.25) is 10.2 Å². The van der Waals surface area contributed by atoms with Gasteiger partial charge in [-0.15, -0.1) is 0 Å². The number of carbonyl (C=O) groups excluding carboxylic acids is 1. The highest BCUT2D eigenvalue weighted by Crippen LogP contribution is 2.14. The van der Waals surface area contributed by atoms with E-state index in [1.165, 1.54) is 0 Å². The van der Waals surface area contributed by atoms with Gasteiger partial charge in [0.1, 0.15) is 5.84 Å². The third-order valence-electron chi connectivity index (χ3n) is 1.85. The predicted molar refractivity (Wildman–Crippen MR) is 60.9 cm³/mol. The van der Waals surface area contributed by atoms with Gasteiger partial charge in [-0.2, -0.15) is 0 Å². The number of benzene rings is 1. The van der Waals surface area contributed by atoms with E-state index >= 15 is 0 Å². The molecule has 0 aliphatic rings. The molecule has 78 valence electrons. The van der Waals surface area contributed by atoms with E-state index in [0.29, 0.717) is 16.8 Å². The number of amides is 1. The fourth-order valence-electron chi connectivity index (χ4n) is 1.06. The lowest BCUT2D eigenvalue weighted by atomic mass is 10.1. The Hall–Kier alpha value is -2.10. The van der Waals surface area contributed by atoms with Crippen LogP contribution in [0.25, 0.3) is 0 Å². The molecule has 0 heterocycles. The summed E-state index contributed by atoms with van der Waals surface area (Å²) in [5, 5.41) is 9.96. The Labute approximate surface area is 88.3 Å². The number of nitrogen functional groups attached to an aromatic ring is 1. The van der Waals surface area contributed by atoms with Crippen molar-refractivity contribution in [3.05, 3.63) is 42.0 Å². The quantitative estimate of drug-likeness (QED) is 0.395. The molecule has 15 heavy (non-hydrogen) atoms. The monoisotopic (exact) mass is 203 g/mol. The van der Waals surface area contributed by atoms with Gasteiger partial charge in [0.05, 0.1) is 5.69 Å². The largest absolute Gasteiger partial charge is 0.384 e. The second kappa shape index (κ2) is 4.41. The Morgan fingerprint density at radius 3 is 2.60 bits per heavy atom. The molecule has 0 atom stereocenters. The number of carbonyl (C=O) groups is 1. The molecule has 0 radical (unpaired) electrons. The van der Waals surface area contributed by atoms with E-state index in [-0.39, 0.29) is 11.7 Å². The summed E-state index contributed by atoms with van der Waals surface area (Å²) < 4.78 is 0. The topological polar surface area (TPSA) is 79.0 Å². The zero-order valence-corrected chi connectivity index (χ0v) is 8.50. The van der Waals surface area contributed by atoms with Crippen LogP contribution in [0.3, 0.4) is 0 Å². The number of amidine groups is 1. The summed E-state index contributed by atoms with van der Waals surface area (Å²) in [6.45, 7) is 5.15. The minimum Gasteiger partial charge on any atom is -0.384 e. The molecular formula is C11H13N3O. The number of hydrogen-bond acceptors (Lipinski definition) is 2. The van der Waals surface area contributed by atoms with Crippen molar-refractivity contribution in [1.29, 1.82) is 5.41 Å². The van der Waals surface area contributed by atoms with Crippen molar-refractivity contribution >= 4 is 17.4 Å². The summed E-state index contributed by atoms with van der Waals surface area (Å²) in [5.41, 5.74) is 6.82. The summed E-state index contributed by atoms with van der Waals surface area (Å²) in [6.07, 6.45) is 0. The Balaban J connectivity index is 2.99. The van der Waals surface area contributed by atoms with Crippen LogP contribution in [-0.2, 0) is 4.79 Å². The van der Waals surface area contributed by atoms with Gasteiger partial charge in [-0.1, -0.05) is 18.7 Å². The Kier molecular flexibility index (Phi) is 3.23. The van der Waals surface area contributed by atoms with Gasteiger partial charge in [0.2, 0.25) is 0 Å². The van der Waals surface area contributed by atoms with Gasteiger partial charge in [0, 0.05) is 11.1 Å². The van der Waals surface area contributed by atoms with E-state index in [1.54, 1.807) is 31.2 Å². The zero-order valence-electron chi connectivity index (χ0n) is 8.50. The summed E-state index contributed by atoms with van der Waals surface area (Å²) in [6, 6.07) is 6.89. The third kappa shape index (κ3) is 2.67. The maximum Gasteiger partial charge on any atom is 0.250 e. The average Bonchev–Trinajstić information content (AvgIpc) is 2.18. The number of anilines is 1. The fourth-order valence-corrected chi connectivity index (χ4v) is 1.06. The van der Waals surface area contributed by atoms with Crippen LogP contribution in [-0.4, -0.2) is 11.7 Å². The highest BCUT2D eigenvalue weighted by molar-refractivity contribution is 6.08. The SMILES string of the molecule is C=C(C)C(=O)Nc1ccccc1C(=N)N. The smallest absolute Gasteiger partial charge is 0.250 e. The van der Waals surface area contributed by atoms with Crippen molar-refractivity contribution in [2.45, 2.75) is 6.92 Å². The molecule has 0 saturated heterocycles. The number of para-hydroxylation sites is 1. The van der Waals surface area contributed by atoms with E-state index in [2.05, 4.69) is 11.9 Å². The molecule has 0 aliphatic heterocycles. The Morgan fingerprint density at radius 1 is 1.47 bits per heavy atom. The lowest BCUT2D eigenvalue weighted by Crippen LogP contribution is -2.18. The Morgan fingerprint density at radius 2 is 2.07 bits per heavy atom. The van der Waals surface area contributed by atoms with E-state index in [9.17, 15) is 4.79 Å². The van der Waals surface area contributed by atoms with Crippen LogP contribution < -0.4 is 11.1 Å². The lowest BCUT2D eigenvalue weighted by Gasteiger charge is -2.09. The molecule has 1 aromatic rings. The first-order valence-corrected chi connectivity index (χ1v) is 4.42. The van der Waals surface area contributed by atoms with E-state index in [1.807, 2.05) is 0 Å². The van der Waals surface area contributed by atoms with Crippen molar-refractivity contribution in [3.8, 4) is 0 Å². The third-order valence-corrected chi connectivity index (χ3v) is 1.85. The van der Waals surface area contributed by atoms with Crippen molar-refractivity contribution < 1.29 is 4.79 Å². The Bertz CT molecular complexity index is 424. The van der Waals surface area contributed by atoms with Crippen LogP contribution in [0.1, 0.15) is 12.5 Å². The maximum absolute atomic E-state index is 11.4. The molecule has 0 unspecified atom stereocenters. The van der Waals surface area contributed by atoms with E-state index < -0.39 is 0 Å². The molecule has 0 saturated carbocycles. The standard InChI is InChI=1S/C11H13N3O/c1-7(2)11(15)14-9-6-4-3-5-8(9)10(12)13/h3-6H,1H2,2H3,(H3,12,13)(H,14,15). The molecule has 4 heteroatoms. The van der Waals surface area contributed by atoms with Crippen LogP contribution in [0.15, 0.2) is 36.4 Å². The molecular weight excluding hydrogens is 190 g/mol. The molecule has 0 fully saturated rings. The molecule has 0 spiro atoms. The molecule has 0 aliphatic carbocycles. The van der Waals surface area contributed by atoms with Gasteiger partial charge in [0.15, 0.2) is 0 Å². The first-order valence-electron chi connectivity index (χ1n) is 4.42. The molecule has 4 N–H and O–H groups in total. The number of nitrogens with one attached hydrogen (secondary N) is 2. The minimum atomic E-state index is -0.274. The van der Waals surface area contributed by atoms with Gasteiger partial charge in [0.25, 0.3) is 5.91 Å². The summed E-state index contributed by atoms with van der Waals surface area (Å²) >= 11 is 0. The van der Waals surface area contributed by atoms with Crippen LogP contribution in [0.2, 0.25) is 0 Å². The molecule has 1 rings (SSSR count). The summed E-state index contributed by atoms with van der Waals surface area (Å²) in [5.74, 6) is -0.351. The number of hydrogen-bond donors (Lipinski definition) is 3. The van der Waals surface area contributed by atoms with Gasteiger partial charge in [-0.05, 0) is 19.1 Å². The molecule has 0 aromatic heterocycles. The molecule has 1 aromatic carbocycles. The maximum atomic E-state index is 11.4. The van der Waals surface area contributed by atoms with Gasteiger partial charge >= 0.3 is 0 Å². The lowest BCUT2D eigenvalue weighted by molar-refractivity contribution is -0.112. The number of rotatable bonds is 3. The average molecular weight is 203 g/mol. The highest BCUT2D eigenvalue weighted by atomic mass is 16.1. The van der Waals surface area contributed by atoms with Crippen LogP contribution in [0.5, 0.6) is 0 Å². The molecule has 1 amide bonds. The molecule has 0 bridgehead atoms. The van der Waals surface area contributed by atoms with Crippen LogP contribution >= 0.6 is 0 Å². The summed E-state index contributed by atoms with van der Waals surface area (Å²) in [4.78, 5) is 11.4. The second-order valence-electron chi connectivity index (χ2n) is 3.19. The van der Waals surface area contributed by atoms with E-state index in [4.69, 9.17) is 11.1 Å². The zero-order chi connectivity index (χ0) is 11.4. The van der Waals surface area contributed by atoms with Crippen LogP contribution in [0.4, 0.5) is 5.69 Å². The second-order valence-corrected chi connectivity index (χ2v) is 3.19. The molecule has 4 nitrogen and oxygen atoms in total. The fraction of sp³-hybridized carbons (Fsp3) is 0.0909.